The highest BCUT2D eigenvalue weighted by molar-refractivity contribution is 5.70. The van der Waals surface area contributed by atoms with E-state index in [1.165, 1.54) is 12.8 Å². The number of rotatable bonds is 6. The highest BCUT2D eigenvalue weighted by Gasteiger charge is 2.29. The molecule has 4 nitrogen and oxygen atoms in total. The van der Waals surface area contributed by atoms with Gasteiger partial charge in [0.1, 0.15) is 0 Å². The second-order valence-electron chi connectivity index (χ2n) is 7.41. The van der Waals surface area contributed by atoms with Gasteiger partial charge in [0.2, 0.25) is 0 Å². The lowest BCUT2D eigenvalue weighted by molar-refractivity contribution is -0.137. The van der Waals surface area contributed by atoms with Crippen LogP contribution in [0, 0.1) is 11.8 Å². The van der Waals surface area contributed by atoms with Gasteiger partial charge < -0.3 is 14.6 Å². The Morgan fingerprint density at radius 1 is 1.14 bits per heavy atom. The second kappa shape index (κ2) is 8.84. The van der Waals surface area contributed by atoms with E-state index >= 15 is 0 Å². The summed E-state index contributed by atoms with van der Waals surface area (Å²) in [6, 6.07) is 15.2. The van der Waals surface area contributed by atoms with Crippen molar-refractivity contribution >= 4 is 5.97 Å². The average molecular weight is 378 g/mol. The Bertz CT molecular complexity index is 872. The molecule has 0 amide bonds. The zero-order chi connectivity index (χ0) is 20.0. The van der Waals surface area contributed by atoms with Gasteiger partial charge in [0.05, 0.1) is 25.0 Å². The maximum absolute atomic E-state index is 11.6. The van der Waals surface area contributed by atoms with Gasteiger partial charge in [-0.05, 0) is 62.4 Å². The molecule has 0 saturated heterocycles. The van der Waals surface area contributed by atoms with E-state index in [2.05, 4.69) is 11.8 Å². The molecular formula is C24H26O4. The number of hydrogen-bond acceptors (Lipinski definition) is 3. The van der Waals surface area contributed by atoms with Crippen molar-refractivity contribution in [2.75, 3.05) is 7.11 Å². The van der Waals surface area contributed by atoms with E-state index in [9.17, 15) is 9.90 Å². The van der Waals surface area contributed by atoms with Gasteiger partial charge in [-0.15, -0.1) is 0 Å². The predicted molar refractivity (Wildman–Crippen MR) is 109 cm³/mol. The molecule has 0 radical (unpaired) electrons. The molecule has 1 saturated carbocycles. The summed E-state index contributed by atoms with van der Waals surface area (Å²) in [5.74, 6) is 6.74. The molecule has 1 atom stereocenters. The van der Waals surface area contributed by atoms with Crippen LogP contribution in [-0.2, 0) is 10.2 Å². The van der Waals surface area contributed by atoms with Crippen LogP contribution < -0.4 is 9.47 Å². The lowest BCUT2D eigenvalue weighted by Gasteiger charge is -2.24. The molecule has 1 fully saturated rings. The van der Waals surface area contributed by atoms with Gasteiger partial charge in [-0.1, -0.05) is 36.1 Å². The van der Waals surface area contributed by atoms with E-state index < -0.39 is 11.4 Å². The molecule has 4 heteroatoms. The van der Waals surface area contributed by atoms with Crippen molar-refractivity contribution in [3.05, 3.63) is 59.7 Å². The van der Waals surface area contributed by atoms with E-state index in [0.29, 0.717) is 11.5 Å². The molecule has 0 spiro atoms. The highest BCUT2D eigenvalue weighted by Crippen LogP contribution is 2.37. The molecule has 146 valence electrons. The molecular weight excluding hydrogens is 352 g/mol. The second-order valence-corrected chi connectivity index (χ2v) is 7.41. The minimum Gasteiger partial charge on any atom is -0.493 e. The van der Waals surface area contributed by atoms with Gasteiger partial charge in [-0.2, -0.15) is 0 Å². The van der Waals surface area contributed by atoms with Gasteiger partial charge in [-0.25, -0.2) is 0 Å². The third-order valence-electron chi connectivity index (χ3n) is 5.16. The summed E-state index contributed by atoms with van der Waals surface area (Å²) < 4.78 is 11.6. The van der Waals surface area contributed by atoms with Crippen molar-refractivity contribution in [2.45, 2.75) is 50.5 Å². The van der Waals surface area contributed by atoms with Crippen molar-refractivity contribution in [3.8, 4) is 23.3 Å². The Morgan fingerprint density at radius 2 is 1.86 bits per heavy atom. The first kappa shape index (κ1) is 19.8. The quantitative estimate of drug-likeness (QED) is 0.734. The first-order valence-electron chi connectivity index (χ1n) is 9.65. The third-order valence-corrected chi connectivity index (χ3v) is 5.16. The zero-order valence-electron chi connectivity index (χ0n) is 16.4. The van der Waals surface area contributed by atoms with Crippen molar-refractivity contribution in [3.63, 3.8) is 0 Å². The predicted octanol–water partition coefficient (Wildman–Crippen LogP) is 4.80. The molecule has 0 unspecified atom stereocenters. The van der Waals surface area contributed by atoms with Crippen LogP contribution in [-0.4, -0.2) is 24.3 Å². The number of carbonyl (C=O) groups is 1. The molecule has 2 aromatic rings. The van der Waals surface area contributed by atoms with Crippen molar-refractivity contribution in [1.82, 2.24) is 0 Å². The average Bonchev–Trinajstić information content (AvgIpc) is 3.20. The number of ether oxygens (including phenoxy) is 2. The fraction of sp³-hybridized carbons (Fsp3) is 0.375. The van der Waals surface area contributed by atoms with E-state index in [-0.39, 0.29) is 12.5 Å². The van der Waals surface area contributed by atoms with Crippen LogP contribution in [0.25, 0.3) is 0 Å². The van der Waals surface area contributed by atoms with Gasteiger partial charge in [0.15, 0.2) is 11.5 Å². The summed E-state index contributed by atoms with van der Waals surface area (Å²) in [7, 11) is 1.61. The zero-order valence-corrected chi connectivity index (χ0v) is 16.4. The Hall–Kier alpha value is -2.93. The van der Waals surface area contributed by atoms with Gasteiger partial charge in [-0.3, -0.25) is 4.79 Å². The fourth-order valence-electron chi connectivity index (χ4n) is 3.55. The number of hydrogen-bond donors (Lipinski definition) is 1. The van der Waals surface area contributed by atoms with Gasteiger partial charge in [0, 0.05) is 5.56 Å². The monoisotopic (exact) mass is 378 g/mol. The third kappa shape index (κ3) is 4.86. The highest BCUT2D eigenvalue weighted by atomic mass is 16.5. The summed E-state index contributed by atoms with van der Waals surface area (Å²) in [4.78, 5) is 11.6. The Balaban J connectivity index is 1.97. The first-order valence-corrected chi connectivity index (χ1v) is 9.65. The summed E-state index contributed by atoms with van der Waals surface area (Å²) in [5.41, 5.74) is 0.823. The summed E-state index contributed by atoms with van der Waals surface area (Å²) in [6.07, 6.45) is 4.51. The number of aliphatic carboxylic acids is 1. The Morgan fingerprint density at radius 3 is 2.50 bits per heavy atom. The number of benzene rings is 2. The van der Waals surface area contributed by atoms with Crippen molar-refractivity contribution in [2.24, 2.45) is 0 Å². The van der Waals surface area contributed by atoms with E-state index in [1.54, 1.807) is 7.11 Å². The summed E-state index contributed by atoms with van der Waals surface area (Å²) in [5, 5.41) is 9.48. The SMILES string of the molecule is COc1ccc([C@](C)(C#Cc2ccccc2)CC(=O)O)cc1OC1CCCC1. The van der Waals surface area contributed by atoms with Crippen LogP contribution in [0.1, 0.15) is 50.2 Å². The molecule has 0 heterocycles. The van der Waals surface area contributed by atoms with E-state index in [1.807, 2.05) is 55.5 Å². The molecule has 1 aliphatic rings. The molecule has 2 aromatic carbocycles. The molecule has 0 aromatic heterocycles. The number of methoxy groups -OCH3 is 1. The van der Waals surface area contributed by atoms with Crippen LogP contribution in [0.3, 0.4) is 0 Å². The van der Waals surface area contributed by atoms with Crippen LogP contribution >= 0.6 is 0 Å². The smallest absolute Gasteiger partial charge is 0.305 e. The van der Waals surface area contributed by atoms with Crippen molar-refractivity contribution in [1.29, 1.82) is 0 Å². The Kier molecular flexibility index (Phi) is 6.26. The van der Waals surface area contributed by atoms with Crippen LogP contribution in [0.4, 0.5) is 0 Å². The molecule has 1 N–H and O–H groups in total. The van der Waals surface area contributed by atoms with Crippen LogP contribution in [0.2, 0.25) is 0 Å². The van der Waals surface area contributed by atoms with E-state index in [0.717, 1.165) is 24.0 Å². The maximum atomic E-state index is 11.6. The van der Waals surface area contributed by atoms with Crippen LogP contribution in [0.15, 0.2) is 48.5 Å². The molecule has 0 bridgehead atoms. The summed E-state index contributed by atoms with van der Waals surface area (Å²) >= 11 is 0. The topological polar surface area (TPSA) is 55.8 Å². The fourth-order valence-corrected chi connectivity index (χ4v) is 3.55. The first-order chi connectivity index (χ1) is 13.5. The minimum absolute atomic E-state index is 0.0952. The molecule has 1 aliphatic carbocycles. The van der Waals surface area contributed by atoms with Crippen molar-refractivity contribution < 1.29 is 19.4 Å². The van der Waals surface area contributed by atoms with E-state index in [4.69, 9.17) is 9.47 Å². The lowest BCUT2D eigenvalue weighted by atomic mass is 9.79. The maximum Gasteiger partial charge on any atom is 0.305 e. The van der Waals surface area contributed by atoms with Crippen LogP contribution in [0.5, 0.6) is 11.5 Å². The minimum atomic E-state index is -0.890. The standard InChI is InChI=1S/C24H26O4/c1-24(17-23(25)26,15-14-18-8-4-3-5-9-18)19-12-13-21(27-2)22(16-19)28-20-10-6-7-11-20/h3-5,8-9,12-13,16,20H,6-7,10-11,17H2,1-2H3,(H,25,26)/t24-/m1/s1. The molecule has 3 rings (SSSR count). The lowest BCUT2D eigenvalue weighted by Crippen LogP contribution is -2.24. The molecule has 28 heavy (non-hydrogen) atoms. The largest absolute Gasteiger partial charge is 0.493 e. The Labute approximate surface area is 166 Å². The molecule has 0 aliphatic heterocycles. The van der Waals surface area contributed by atoms with Gasteiger partial charge in [0.25, 0.3) is 0 Å². The number of carboxylic acid groups (broad SMARTS) is 1. The number of carboxylic acids is 1. The normalized spacial score (nSPS) is 15.9. The summed E-state index contributed by atoms with van der Waals surface area (Å²) in [6.45, 7) is 1.86. The van der Waals surface area contributed by atoms with Gasteiger partial charge >= 0.3 is 5.97 Å².